The lowest BCUT2D eigenvalue weighted by molar-refractivity contribution is -0.130. The number of thiophene rings is 1. The van der Waals surface area contributed by atoms with Gasteiger partial charge < -0.3 is 18.9 Å². The molecule has 0 unspecified atom stereocenters. The summed E-state index contributed by atoms with van der Waals surface area (Å²) in [6.45, 7) is 1.52. The lowest BCUT2D eigenvalue weighted by Gasteiger charge is -2.19. The second-order valence-corrected chi connectivity index (χ2v) is 9.17. The van der Waals surface area contributed by atoms with E-state index in [-0.39, 0.29) is 22.8 Å². The van der Waals surface area contributed by atoms with Crippen molar-refractivity contribution in [3.05, 3.63) is 86.0 Å². The number of nitrogens with zero attached hydrogens (tertiary/aromatic N) is 2. The first-order valence-corrected chi connectivity index (χ1v) is 12.3. The predicted molar refractivity (Wildman–Crippen MR) is 131 cm³/mol. The number of benzene rings is 1. The second kappa shape index (κ2) is 11.2. The summed E-state index contributed by atoms with van der Waals surface area (Å²) < 4.78 is 12.5. The van der Waals surface area contributed by atoms with Gasteiger partial charge in [-0.05, 0) is 29.9 Å². The number of pyridine rings is 1. The van der Waals surface area contributed by atoms with Crippen LogP contribution in [-0.2, 0) is 35.3 Å². The minimum absolute atomic E-state index is 0.0142. The van der Waals surface area contributed by atoms with Gasteiger partial charge in [0, 0.05) is 42.7 Å². The Morgan fingerprint density at radius 2 is 1.88 bits per heavy atom. The summed E-state index contributed by atoms with van der Waals surface area (Å²) in [6.07, 6.45) is 2.29. The number of aromatic nitrogens is 1. The van der Waals surface area contributed by atoms with Crippen LogP contribution in [0.5, 0.6) is 5.75 Å². The predicted octanol–water partition coefficient (Wildman–Crippen LogP) is 3.34. The fourth-order valence-corrected chi connectivity index (χ4v) is 4.91. The number of esters is 1. The SMILES string of the molecule is COC(=O)c1c(OCCCc2ccccc2)cc(=O)n2c1CCN(C(=O)Cc1cccs1)CC2. The lowest BCUT2D eigenvalue weighted by atomic mass is 10.1. The summed E-state index contributed by atoms with van der Waals surface area (Å²) in [7, 11) is 1.32. The van der Waals surface area contributed by atoms with Gasteiger partial charge in [-0.25, -0.2) is 4.79 Å². The third-order valence-electron chi connectivity index (χ3n) is 5.95. The largest absolute Gasteiger partial charge is 0.492 e. The number of amides is 1. The smallest absolute Gasteiger partial charge is 0.343 e. The number of carbonyl (C=O) groups excluding carboxylic acids is 2. The molecule has 0 saturated carbocycles. The van der Waals surface area contributed by atoms with E-state index < -0.39 is 5.97 Å². The standard InChI is InChI=1S/C26H28N2O5S/c1-32-26(31)25-21-11-12-27(23(29)17-20-10-6-16-34-20)13-14-28(21)24(30)18-22(25)33-15-5-9-19-7-3-2-4-8-19/h2-4,6-8,10,16,18H,5,9,11-15,17H2,1H3. The number of rotatable bonds is 8. The topological polar surface area (TPSA) is 77.8 Å². The van der Waals surface area contributed by atoms with Crippen molar-refractivity contribution in [1.82, 2.24) is 9.47 Å². The molecule has 0 spiro atoms. The zero-order chi connectivity index (χ0) is 23.9. The zero-order valence-corrected chi connectivity index (χ0v) is 20.0. The monoisotopic (exact) mass is 480 g/mol. The fourth-order valence-electron chi connectivity index (χ4n) is 4.21. The van der Waals surface area contributed by atoms with Gasteiger partial charge in [-0.15, -0.1) is 11.3 Å². The maximum absolute atomic E-state index is 12.9. The quantitative estimate of drug-likeness (QED) is 0.365. The van der Waals surface area contributed by atoms with Crippen LogP contribution in [0.1, 0.15) is 32.9 Å². The van der Waals surface area contributed by atoms with Crippen LogP contribution in [0.4, 0.5) is 0 Å². The number of ether oxygens (including phenoxy) is 2. The molecule has 8 heteroatoms. The highest BCUT2D eigenvalue weighted by atomic mass is 32.1. The summed E-state index contributed by atoms with van der Waals surface area (Å²) in [5.74, 6) is -0.282. The molecular weight excluding hydrogens is 452 g/mol. The van der Waals surface area contributed by atoms with Gasteiger partial charge in [0.05, 0.1) is 20.1 Å². The molecule has 7 nitrogen and oxygen atoms in total. The van der Waals surface area contributed by atoms with Gasteiger partial charge in [-0.2, -0.15) is 0 Å². The van der Waals surface area contributed by atoms with Crippen molar-refractivity contribution in [3.8, 4) is 5.75 Å². The van der Waals surface area contributed by atoms with Gasteiger partial charge in [0.25, 0.3) is 5.56 Å². The Morgan fingerprint density at radius 1 is 1.06 bits per heavy atom. The van der Waals surface area contributed by atoms with E-state index in [9.17, 15) is 14.4 Å². The molecule has 0 aliphatic carbocycles. The molecule has 0 bridgehead atoms. The highest BCUT2D eigenvalue weighted by Gasteiger charge is 2.27. The van der Waals surface area contributed by atoms with Gasteiger partial charge in [0.15, 0.2) is 0 Å². The molecule has 1 aromatic carbocycles. The highest BCUT2D eigenvalue weighted by molar-refractivity contribution is 7.10. The highest BCUT2D eigenvalue weighted by Crippen LogP contribution is 2.25. The Kier molecular flexibility index (Phi) is 7.80. The molecule has 2 aromatic heterocycles. The Morgan fingerprint density at radius 3 is 2.62 bits per heavy atom. The number of fused-ring (bicyclic) bond motifs is 1. The third-order valence-corrected chi connectivity index (χ3v) is 6.83. The first kappa shape index (κ1) is 23.8. The van der Waals surface area contributed by atoms with Crippen LogP contribution in [0, 0.1) is 0 Å². The van der Waals surface area contributed by atoms with Crippen molar-refractivity contribution in [3.63, 3.8) is 0 Å². The van der Waals surface area contributed by atoms with E-state index in [1.54, 1.807) is 20.8 Å². The molecule has 0 atom stereocenters. The van der Waals surface area contributed by atoms with Crippen LogP contribution in [0.25, 0.3) is 0 Å². The number of methoxy groups -OCH3 is 1. The van der Waals surface area contributed by atoms with E-state index in [0.717, 1.165) is 17.7 Å². The van der Waals surface area contributed by atoms with Crippen molar-refractivity contribution in [2.45, 2.75) is 32.2 Å². The lowest BCUT2D eigenvalue weighted by Crippen LogP contribution is -2.35. The third kappa shape index (κ3) is 5.56. The maximum Gasteiger partial charge on any atom is 0.343 e. The van der Waals surface area contributed by atoms with Gasteiger partial charge in [-0.3, -0.25) is 9.59 Å². The molecule has 1 aliphatic rings. The van der Waals surface area contributed by atoms with E-state index in [4.69, 9.17) is 9.47 Å². The van der Waals surface area contributed by atoms with Crippen molar-refractivity contribution >= 4 is 23.2 Å². The first-order chi connectivity index (χ1) is 16.6. The van der Waals surface area contributed by atoms with Gasteiger partial charge >= 0.3 is 5.97 Å². The van der Waals surface area contributed by atoms with E-state index >= 15 is 0 Å². The molecule has 178 valence electrons. The Hall–Kier alpha value is -3.39. The molecule has 34 heavy (non-hydrogen) atoms. The molecule has 4 rings (SSSR count). The average molecular weight is 481 g/mol. The minimum Gasteiger partial charge on any atom is -0.492 e. The summed E-state index contributed by atoms with van der Waals surface area (Å²) >= 11 is 1.55. The molecule has 1 aliphatic heterocycles. The van der Waals surface area contributed by atoms with E-state index in [1.807, 2.05) is 35.7 Å². The van der Waals surface area contributed by atoms with Gasteiger partial charge in [0.2, 0.25) is 5.91 Å². The van der Waals surface area contributed by atoms with E-state index in [2.05, 4.69) is 12.1 Å². The molecular formula is C26H28N2O5S. The normalized spacial score (nSPS) is 13.1. The summed E-state index contributed by atoms with van der Waals surface area (Å²) in [6, 6.07) is 15.3. The second-order valence-electron chi connectivity index (χ2n) is 8.14. The van der Waals surface area contributed by atoms with Crippen LogP contribution < -0.4 is 10.3 Å². The summed E-state index contributed by atoms with van der Waals surface area (Å²) in [5, 5.41) is 1.95. The Labute approximate surface area is 202 Å². The average Bonchev–Trinajstić information content (AvgIpc) is 3.25. The van der Waals surface area contributed by atoms with Crippen LogP contribution in [0.3, 0.4) is 0 Å². The number of hydrogen-bond acceptors (Lipinski definition) is 6. The first-order valence-electron chi connectivity index (χ1n) is 11.4. The molecule has 0 N–H and O–H groups in total. The van der Waals surface area contributed by atoms with Crippen LogP contribution >= 0.6 is 11.3 Å². The van der Waals surface area contributed by atoms with E-state index in [1.165, 1.54) is 18.7 Å². The molecule has 0 fully saturated rings. The molecule has 3 aromatic rings. The maximum atomic E-state index is 12.9. The minimum atomic E-state index is -0.542. The Balaban J connectivity index is 1.50. The molecule has 0 saturated heterocycles. The van der Waals surface area contributed by atoms with Crippen LogP contribution in [0.15, 0.2) is 58.7 Å². The van der Waals surface area contributed by atoms with Crippen molar-refractivity contribution < 1.29 is 19.1 Å². The van der Waals surface area contributed by atoms with Crippen LogP contribution in [-0.4, -0.2) is 48.1 Å². The number of aryl methyl sites for hydroxylation is 1. The zero-order valence-electron chi connectivity index (χ0n) is 19.2. The van der Waals surface area contributed by atoms with Gasteiger partial charge in [-0.1, -0.05) is 36.4 Å². The van der Waals surface area contributed by atoms with Crippen molar-refractivity contribution in [2.24, 2.45) is 0 Å². The molecule has 1 amide bonds. The fraction of sp³-hybridized carbons (Fsp3) is 0.346. The summed E-state index contributed by atoms with van der Waals surface area (Å²) in [4.78, 5) is 41.2. The summed E-state index contributed by atoms with van der Waals surface area (Å²) in [5.41, 5.74) is 1.79. The Bertz CT molecular complexity index is 1190. The molecule has 3 heterocycles. The van der Waals surface area contributed by atoms with Crippen molar-refractivity contribution in [2.75, 3.05) is 26.8 Å². The van der Waals surface area contributed by atoms with Gasteiger partial charge in [0.1, 0.15) is 11.3 Å². The van der Waals surface area contributed by atoms with Crippen molar-refractivity contribution in [1.29, 1.82) is 0 Å². The number of carbonyl (C=O) groups is 2. The number of hydrogen-bond donors (Lipinski definition) is 0. The van der Waals surface area contributed by atoms with Crippen LogP contribution in [0.2, 0.25) is 0 Å². The molecule has 0 radical (unpaired) electrons. The van der Waals surface area contributed by atoms with E-state index in [0.29, 0.717) is 44.8 Å².